The average Bonchev–Trinajstić information content (AvgIpc) is 3.36. The van der Waals surface area contributed by atoms with Crippen LogP contribution < -0.4 is 10.1 Å². The molecule has 6 nitrogen and oxygen atoms in total. The van der Waals surface area contributed by atoms with Crippen molar-refractivity contribution in [2.45, 2.75) is 13.2 Å². The highest BCUT2D eigenvalue weighted by Gasteiger charge is 2.17. The number of aromatic nitrogens is 2. The Morgan fingerprint density at radius 2 is 2.00 bits per heavy atom. The molecule has 4 rings (SSSR count). The smallest absolute Gasteiger partial charge is 0.292 e. The lowest BCUT2D eigenvalue weighted by Gasteiger charge is -2.06. The minimum atomic E-state index is -0.492. The number of halogens is 4. The first-order valence-electron chi connectivity index (χ1n) is 9.33. The van der Waals surface area contributed by atoms with Crippen molar-refractivity contribution in [2.24, 2.45) is 0 Å². The van der Waals surface area contributed by atoms with Gasteiger partial charge in [-0.15, -0.1) is 0 Å². The van der Waals surface area contributed by atoms with Gasteiger partial charge in [-0.3, -0.25) is 9.48 Å². The summed E-state index contributed by atoms with van der Waals surface area (Å²) in [5, 5.41) is 7.79. The maximum atomic E-state index is 14.0. The zero-order valence-corrected chi connectivity index (χ0v) is 19.4. The van der Waals surface area contributed by atoms with Crippen LogP contribution in [0.25, 0.3) is 0 Å². The van der Waals surface area contributed by atoms with Crippen LogP contribution in [0.3, 0.4) is 0 Å². The molecule has 0 radical (unpaired) electrons. The van der Waals surface area contributed by atoms with E-state index in [9.17, 15) is 9.18 Å². The summed E-state index contributed by atoms with van der Waals surface area (Å²) >= 11 is 15.3. The second-order valence-corrected chi connectivity index (χ2v) is 8.39. The van der Waals surface area contributed by atoms with E-state index in [0.717, 1.165) is 0 Å². The van der Waals surface area contributed by atoms with Crippen LogP contribution in [0.1, 0.15) is 21.9 Å². The Labute approximate surface area is 201 Å². The van der Waals surface area contributed by atoms with Crippen molar-refractivity contribution in [3.63, 3.8) is 0 Å². The largest absolute Gasteiger partial charge is 0.486 e. The summed E-state index contributed by atoms with van der Waals surface area (Å²) in [6, 6.07) is 14.6. The molecule has 164 valence electrons. The van der Waals surface area contributed by atoms with Crippen molar-refractivity contribution in [3.8, 4) is 5.75 Å². The number of ether oxygens (including phenoxy) is 1. The van der Waals surface area contributed by atoms with Gasteiger partial charge in [-0.05, 0) is 58.4 Å². The van der Waals surface area contributed by atoms with E-state index in [0.29, 0.717) is 31.6 Å². The molecule has 4 aromatic rings. The summed E-state index contributed by atoms with van der Waals surface area (Å²) in [5.74, 6) is 0.480. The lowest BCUT2D eigenvalue weighted by atomic mass is 10.2. The Bertz CT molecular complexity index is 1250. The quantitative estimate of drug-likeness (QED) is 0.289. The van der Waals surface area contributed by atoms with E-state index in [1.807, 2.05) is 0 Å². The number of anilines is 1. The topological polar surface area (TPSA) is 69.3 Å². The second kappa shape index (κ2) is 9.77. The number of furan rings is 1. The number of hydrogen-bond acceptors (Lipinski definition) is 4. The first-order valence-corrected chi connectivity index (χ1v) is 10.9. The highest BCUT2D eigenvalue weighted by molar-refractivity contribution is 9.10. The molecule has 1 amide bonds. The summed E-state index contributed by atoms with van der Waals surface area (Å²) < 4.78 is 27.2. The van der Waals surface area contributed by atoms with Gasteiger partial charge in [0.1, 0.15) is 23.9 Å². The van der Waals surface area contributed by atoms with Gasteiger partial charge in [-0.1, -0.05) is 35.3 Å². The van der Waals surface area contributed by atoms with Crippen LogP contribution in [0, 0.1) is 5.82 Å². The van der Waals surface area contributed by atoms with Crippen LogP contribution in [0.2, 0.25) is 10.0 Å². The predicted molar refractivity (Wildman–Crippen MR) is 123 cm³/mol. The highest BCUT2D eigenvalue weighted by Crippen LogP contribution is 2.25. The van der Waals surface area contributed by atoms with Crippen molar-refractivity contribution in [1.29, 1.82) is 0 Å². The van der Waals surface area contributed by atoms with Gasteiger partial charge in [-0.2, -0.15) is 5.10 Å². The number of amides is 1. The summed E-state index contributed by atoms with van der Waals surface area (Å²) in [6.45, 7) is 0.237. The van der Waals surface area contributed by atoms with E-state index >= 15 is 0 Å². The summed E-state index contributed by atoms with van der Waals surface area (Å²) in [6.07, 6.45) is 1.62. The van der Waals surface area contributed by atoms with Crippen molar-refractivity contribution in [1.82, 2.24) is 9.78 Å². The highest BCUT2D eigenvalue weighted by atomic mass is 79.9. The van der Waals surface area contributed by atoms with E-state index in [1.165, 1.54) is 22.9 Å². The molecule has 0 unspecified atom stereocenters. The molecular weight excluding hydrogens is 524 g/mol. The molecule has 32 heavy (non-hydrogen) atoms. The van der Waals surface area contributed by atoms with E-state index in [2.05, 4.69) is 26.3 Å². The Hall–Kier alpha value is -2.81. The first-order chi connectivity index (χ1) is 15.4. The molecule has 0 aliphatic rings. The number of carbonyl (C=O) groups is 1. The van der Waals surface area contributed by atoms with Crippen molar-refractivity contribution >= 4 is 50.9 Å². The summed E-state index contributed by atoms with van der Waals surface area (Å²) in [4.78, 5) is 12.6. The molecular formula is C22H15BrCl2FN3O3. The maximum absolute atomic E-state index is 14.0. The van der Waals surface area contributed by atoms with Crippen LogP contribution in [0.4, 0.5) is 10.2 Å². The fourth-order valence-electron chi connectivity index (χ4n) is 2.87. The molecule has 0 aliphatic carbocycles. The number of benzene rings is 2. The fourth-order valence-corrected chi connectivity index (χ4v) is 3.68. The molecule has 0 atom stereocenters. The van der Waals surface area contributed by atoms with Crippen LogP contribution in [-0.4, -0.2) is 15.7 Å². The van der Waals surface area contributed by atoms with Crippen LogP contribution >= 0.6 is 39.1 Å². The molecule has 0 saturated heterocycles. The van der Waals surface area contributed by atoms with Gasteiger partial charge in [0.15, 0.2) is 11.6 Å². The molecule has 10 heteroatoms. The van der Waals surface area contributed by atoms with Gasteiger partial charge < -0.3 is 14.5 Å². The summed E-state index contributed by atoms with van der Waals surface area (Å²) in [5.41, 5.74) is 0.303. The van der Waals surface area contributed by atoms with E-state index in [-0.39, 0.29) is 24.7 Å². The second-order valence-electron chi connectivity index (χ2n) is 6.69. The van der Waals surface area contributed by atoms with E-state index in [4.69, 9.17) is 32.4 Å². The van der Waals surface area contributed by atoms with Gasteiger partial charge in [0.2, 0.25) is 0 Å². The molecule has 1 N–H and O–H groups in total. The minimum absolute atomic E-state index is 0.0910. The number of rotatable bonds is 7. The van der Waals surface area contributed by atoms with Gasteiger partial charge in [0.25, 0.3) is 5.91 Å². The predicted octanol–water partition coefficient (Wildman–Crippen LogP) is 6.56. The fraction of sp³-hybridized carbons (Fsp3) is 0.0909. The third-order valence-electron chi connectivity index (χ3n) is 4.39. The van der Waals surface area contributed by atoms with Gasteiger partial charge in [-0.25, -0.2) is 4.39 Å². The van der Waals surface area contributed by atoms with Gasteiger partial charge >= 0.3 is 0 Å². The molecule has 0 bridgehead atoms. The molecule has 0 aliphatic heterocycles. The Kier molecular flexibility index (Phi) is 6.83. The van der Waals surface area contributed by atoms with Crippen molar-refractivity contribution in [3.05, 3.63) is 98.2 Å². The number of carbonyl (C=O) groups excluding carboxylic acids is 1. The SMILES string of the molecule is O=C(Nc1nn(Cc2c(F)cccc2Cl)cc1Br)c1ccc(COc2cccc(Cl)c2)o1. The third-order valence-corrected chi connectivity index (χ3v) is 5.56. The zero-order chi connectivity index (χ0) is 22.7. The third kappa shape index (κ3) is 5.32. The standard InChI is InChI=1S/C22H15BrCl2FN3O3/c23-17-11-29(10-16-18(25)5-2-6-19(16)26)28-21(17)27-22(30)20-8-7-15(32-20)12-31-14-4-1-3-13(24)9-14/h1-9,11H,10,12H2,(H,27,28,30). The first kappa shape index (κ1) is 22.4. The van der Waals surface area contributed by atoms with Gasteiger partial charge in [0.05, 0.1) is 11.0 Å². The van der Waals surface area contributed by atoms with Crippen LogP contribution in [0.5, 0.6) is 5.75 Å². The molecule has 2 aromatic carbocycles. The van der Waals surface area contributed by atoms with Crippen LogP contribution in [0.15, 0.2) is 69.7 Å². The average molecular weight is 539 g/mol. The number of nitrogens with one attached hydrogen (secondary N) is 1. The molecule has 2 heterocycles. The van der Waals surface area contributed by atoms with E-state index in [1.54, 1.807) is 42.6 Å². The monoisotopic (exact) mass is 537 g/mol. The molecule has 0 saturated carbocycles. The summed E-state index contributed by atoms with van der Waals surface area (Å²) in [7, 11) is 0. The van der Waals surface area contributed by atoms with Gasteiger partial charge in [0, 0.05) is 21.8 Å². The van der Waals surface area contributed by atoms with Crippen molar-refractivity contribution in [2.75, 3.05) is 5.32 Å². The Balaban J connectivity index is 1.40. The Morgan fingerprint density at radius 3 is 2.78 bits per heavy atom. The minimum Gasteiger partial charge on any atom is -0.486 e. The van der Waals surface area contributed by atoms with Crippen LogP contribution in [-0.2, 0) is 13.2 Å². The lowest BCUT2D eigenvalue weighted by molar-refractivity contribution is 0.0992. The number of nitrogens with zero attached hydrogens (tertiary/aromatic N) is 2. The van der Waals surface area contributed by atoms with Crippen molar-refractivity contribution < 1.29 is 18.3 Å². The molecule has 0 fully saturated rings. The molecule has 2 aromatic heterocycles. The lowest BCUT2D eigenvalue weighted by Crippen LogP contribution is -2.12. The Morgan fingerprint density at radius 1 is 1.19 bits per heavy atom. The maximum Gasteiger partial charge on any atom is 0.292 e. The van der Waals surface area contributed by atoms with E-state index < -0.39 is 11.7 Å². The normalized spacial score (nSPS) is 10.9. The zero-order valence-electron chi connectivity index (χ0n) is 16.3. The molecule has 0 spiro atoms. The number of hydrogen-bond donors (Lipinski definition) is 1.